The Hall–Kier alpha value is -1.87. The Morgan fingerprint density at radius 2 is 1.59 bits per heavy atom. The van der Waals surface area contributed by atoms with Crippen LogP contribution in [0.4, 0.5) is 4.39 Å². The number of aromatic hydroxyl groups is 1. The molecule has 0 fully saturated rings. The van der Waals surface area contributed by atoms with Gasteiger partial charge in [0.1, 0.15) is 17.2 Å². The van der Waals surface area contributed by atoms with Crippen LogP contribution >= 0.6 is 0 Å². The molecule has 3 heteroatoms. The highest BCUT2D eigenvalue weighted by molar-refractivity contribution is 5.43. The summed E-state index contributed by atoms with van der Waals surface area (Å²) in [5.74, 6) is -0.344. The number of hydrogen-bond donors (Lipinski definition) is 2. The summed E-state index contributed by atoms with van der Waals surface area (Å²) in [5, 5.41) is 20.2. The van der Waals surface area contributed by atoms with Gasteiger partial charge in [0.2, 0.25) is 0 Å². The van der Waals surface area contributed by atoms with Crippen LogP contribution in [0.3, 0.4) is 0 Å². The third-order valence-corrected chi connectivity index (χ3v) is 2.83. The van der Waals surface area contributed by atoms with Crippen LogP contribution in [-0.4, -0.2) is 10.2 Å². The summed E-state index contributed by atoms with van der Waals surface area (Å²) in [6, 6.07) is 12.1. The molecule has 2 nitrogen and oxygen atoms in total. The van der Waals surface area contributed by atoms with Crippen molar-refractivity contribution in [2.24, 2.45) is 0 Å². The van der Waals surface area contributed by atoms with Gasteiger partial charge in [0.15, 0.2) is 0 Å². The minimum atomic E-state index is -1.35. The first-order valence-corrected chi connectivity index (χ1v) is 5.28. The van der Waals surface area contributed by atoms with Crippen LogP contribution < -0.4 is 0 Å². The van der Waals surface area contributed by atoms with E-state index in [9.17, 15) is 14.6 Å². The number of phenolic OH excluding ortho intramolecular Hbond substituents is 1. The fourth-order valence-electron chi connectivity index (χ4n) is 1.82. The van der Waals surface area contributed by atoms with E-state index in [1.54, 1.807) is 25.1 Å². The molecule has 0 amide bonds. The van der Waals surface area contributed by atoms with Crippen molar-refractivity contribution in [2.45, 2.75) is 12.5 Å². The fourth-order valence-corrected chi connectivity index (χ4v) is 1.82. The Morgan fingerprint density at radius 3 is 2.18 bits per heavy atom. The lowest BCUT2D eigenvalue weighted by molar-refractivity contribution is 0.0991. The van der Waals surface area contributed by atoms with Crippen molar-refractivity contribution < 1.29 is 14.6 Å². The summed E-state index contributed by atoms with van der Waals surface area (Å²) >= 11 is 0. The molecule has 0 aromatic heterocycles. The predicted molar refractivity (Wildman–Crippen MR) is 63.2 cm³/mol. The molecule has 0 aliphatic carbocycles. The minimum absolute atomic E-state index is 0.0156. The molecule has 0 spiro atoms. The number of aliphatic hydroxyl groups is 1. The van der Waals surface area contributed by atoms with E-state index in [0.29, 0.717) is 11.1 Å². The zero-order valence-corrected chi connectivity index (χ0v) is 9.39. The molecule has 0 saturated heterocycles. The second-order valence-corrected chi connectivity index (χ2v) is 4.10. The normalized spacial score (nSPS) is 14.3. The molecule has 17 heavy (non-hydrogen) atoms. The van der Waals surface area contributed by atoms with Crippen LogP contribution in [0.2, 0.25) is 0 Å². The standard InChI is InChI=1S/C14H13FO2/c1-14(17,10-6-8-11(15)9-7-10)12-4-2-3-5-13(12)16/h2-9,16-17H,1H3. The molecule has 0 bridgehead atoms. The van der Waals surface area contributed by atoms with Crippen LogP contribution in [0.1, 0.15) is 18.1 Å². The monoisotopic (exact) mass is 232 g/mol. The van der Waals surface area contributed by atoms with Crippen LogP contribution in [0.5, 0.6) is 5.75 Å². The average molecular weight is 232 g/mol. The molecule has 0 aliphatic rings. The van der Waals surface area contributed by atoms with Crippen molar-refractivity contribution in [3.05, 3.63) is 65.5 Å². The molecule has 1 unspecified atom stereocenters. The van der Waals surface area contributed by atoms with Gasteiger partial charge in [-0.3, -0.25) is 0 Å². The average Bonchev–Trinajstić information content (AvgIpc) is 2.30. The first-order valence-electron chi connectivity index (χ1n) is 5.28. The lowest BCUT2D eigenvalue weighted by atomic mass is 9.88. The maximum Gasteiger partial charge on any atom is 0.123 e. The Kier molecular flexibility index (Phi) is 2.86. The van der Waals surface area contributed by atoms with E-state index in [-0.39, 0.29) is 11.6 Å². The van der Waals surface area contributed by atoms with Gasteiger partial charge in [-0.25, -0.2) is 4.39 Å². The topological polar surface area (TPSA) is 40.5 Å². The van der Waals surface area contributed by atoms with E-state index in [1.807, 2.05) is 0 Å². The Labute approximate surface area is 99.0 Å². The van der Waals surface area contributed by atoms with Crippen molar-refractivity contribution in [1.82, 2.24) is 0 Å². The number of benzene rings is 2. The van der Waals surface area contributed by atoms with Crippen molar-refractivity contribution in [3.63, 3.8) is 0 Å². The highest BCUT2D eigenvalue weighted by Crippen LogP contribution is 2.34. The van der Waals surface area contributed by atoms with Crippen LogP contribution in [0.25, 0.3) is 0 Å². The molecule has 88 valence electrons. The highest BCUT2D eigenvalue weighted by atomic mass is 19.1. The minimum Gasteiger partial charge on any atom is -0.508 e. The van der Waals surface area contributed by atoms with Gasteiger partial charge in [-0.05, 0) is 30.7 Å². The second kappa shape index (κ2) is 4.18. The first kappa shape index (κ1) is 11.6. The van der Waals surface area contributed by atoms with Crippen LogP contribution in [0, 0.1) is 5.82 Å². The van der Waals surface area contributed by atoms with E-state index < -0.39 is 5.60 Å². The van der Waals surface area contributed by atoms with Crippen molar-refractivity contribution in [3.8, 4) is 5.75 Å². The molecule has 0 saturated carbocycles. The maximum absolute atomic E-state index is 12.8. The van der Waals surface area contributed by atoms with Gasteiger partial charge in [0.25, 0.3) is 0 Å². The highest BCUT2D eigenvalue weighted by Gasteiger charge is 2.28. The molecular formula is C14H13FO2. The summed E-state index contributed by atoms with van der Waals surface area (Å²) < 4.78 is 12.8. The Morgan fingerprint density at radius 1 is 1.00 bits per heavy atom. The number of rotatable bonds is 2. The second-order valence-electron chi connectivity index (χ2n) is 4.10. The summed E-state index contributed by atoms with van der Waals surface area (Å²) in [4.78, 5) is 0. The van der Waals surface area contributed by atoms with Gasteiger partial charge in [-0.1, -0.05) is 30.3 Å². The lowest BCUT2D eigenvalue weighted by Gasteiger charge is -2.25. The zero-order chi connectivity index (χ0) is 12.5. The van der Waals surface area contributed by atoms with E-state index in [2.05, 4.69) is 0 Å². The molecule has 2 rings (SSSR count). The predicted octanol–water partition coefficient (Wildman–Crippen LogP) is 2.79. The Balaban J connectivity index is 2.49. The molecule has 0 radical (unpaired) electrons. The number of para-hydroxylation sites is 1. The van der Waals surface area contributed by atoms with Gasteiger partial charge in [-0.15, -0.1) is 0 Å². The molecular weight excluding hydrogens is 219 g/mol. The third-order valence-electron chi connectivity index (χ3n) is 2.83. The smallest absolute Gasteiger partial charge is 0.123 e. The van der Waals surface area contributed by atoms with Gasteiger partial charge >= 0.3 is 0 Å². The summed E-state index contributed by atoms with van der Waals surface area (Å²) in [7, 11) is 0. The maximum atomic E-state index is 12.8. The largest absolute Gasteiger partial charge is 0.508 e. The third kappa shape index (κ3) is 2.15. The zero-order valence-electron chi connectivity index (χ0n) is 9.39. The van der Waals surface area contributed by atoms with E-state index in [4.69, 9.17) is 0 Å². The van der Waals surface area contributed by atoms with Crippen molar-refractivity contribution >= 4 is 0 Å². The molecule has 0 heterocycles. The SMILES string of the molecule is CC(O)(c1ccc(F)cc1)c1ccccc1O. The summed E-state index contributed by atoms with van der Waals surface area (Å²) in [5.41, 5.74) is -0.425. The van der Waals surface area contributed by atoms with E-state index in [1.165, 1.54) is 30.3 Å². The molecule has 0 aliphatic heterocycles. The first-order chi connectivity index (χ1) is 8.01. The van der Waals surface area contributed by atoms with Crippen LogP contribution in [-0.2, 0) is 5.60 Å². The van der Waals surface area contributed by atoms with Gasteiger partial charge in [-0.2, -0.15) is 0 Å². The number of halogens is 1. The molecule has 2 aromatic carbocycles. The van der Waals surface area contributed by atoms with E-state index >= 15 is 0 Å². The molecule has 2 N–H and O–H groups in total. The van der Waals surface area contributed by atoms with Crippen LogP contribution in [0.15, 0.2) is 48.5 Å². The summed E-state index contributed by atoms with van der Waals surface area (Å²) in [6.45, 7) is 1.56. The van der Waals surface area contributed by atoms with Gasteiger partial charge in [0.05, 0.1) is 0 Å². The summed E-state index contributed by atoms with van der Waals surface area (Å²) in [6.07, 6.45) is 0. The van der Waals surface area contributed by atoms with Gasteiger partial charge in [0, 0.05) is 5.56 Å². The van der Waals surface area contributed by atoms with Crippen molar-refractivity contribution in [1.29, 1.82) is 0 Å². The van der Waals surface area contributed by atoms with Gasteiger partial charge < -0.3 is 10.2 Å². The number of hydrogen-bond acceptors (Lipinski definition) is 2. The Bertz CT molecular complexity index is 518. The van der Waals surface area contributed by atoms with Crippen molar-refractivity contribution in [2.75, 3.05) is 0 Å². The van der Waals surface area contributed by atoms with E-state index in [0.717, 1.165) is 0 Å². The molecule has 1 atom stereocenters. The fraction of sp³-hybridized carbons (Fsp3) is 0.143. The lowest BCUT2D eigenvalue weighted by Crippen LogP contribution is -2.22. The quantitative estimate of drug-likeness (QED) is 0.835. The molecule has 2 aromatic rings. The number of phenols is 1.